The third-order valence-electron chi connectivity index (χ3n) is 5.39. The minimum absolute atomic E-state index is 0.130. The minimum atomic E-state index is -1.51. The van der Waals surface area contributed by atoms with Crippen LogP contribution >= 0.6 is 0 Å². The Morgan fingerprint density at radius 3 is 2.47 bits per heavy atom. The van der Waals surface area contributed by atoms with Crippen LogP contribution in [0.3, 0.4) is 0 Å². The SMILES string of the molecule is CC(C)C(=O)O[C@H]1[C@H](C)OC(=O)[C@@H](NC(=O)c2n[nH]c(=O)[nH]c2=O)COC(=O)[C@@H]1Cc1ccccc1. The lowest BCUT2D eigenvalue weighted by Crippen LogP contribution is -2.48. The first-order valence-electron chi connectivity index (χ1n) is 11.2. The number of carbonyl (C=O) groups excluding carboxylic acids is 4. The molecule has 0 aliphatic carbocycles. The second-order valence-electron chi connectivity index (χ2n) is 8.51. The van der Waals surface area contributed by atoms with E-state index in [0.29, 0.717) is 0 Å². The second kappa shape index (κ2) is 11.4. The van der Waals surface area contributed by atoms with Gasteiger partial charge >= 0.3 is 23.6 Å². The molecule has 3 rings (SSSR count). The molecule has 1 aliphatic heterocycles. The molecule has 0 saturated carbocycles. The van der Waals surface area contributed by atoms with Crippen molar-refractivity contribution in [1.82, 2.24) is 20.5 Å². The van der Waals surface area contributed by atoms with Gasteiger partial charge in [0.05, 0.1) is 5.92 Å². The average Bonchev–Trinajstić information content (AvgIpc) is 2.86. The van der Waals surface area contributed by atoms with Crippen molar-refractivity contribution >= 4 is 23.8 Å². The van der Waals surface area contributed by atoms with Crippen LogP contribution < -0.4 is 16.6 Å². The fourth-order valence-electron chi connectivity index (χ4n) is 3.48. The molecular weight excluding hydrogens is 476 g/mol. The fourth-order valence-corrected chi connectivity index (χ4v) is 3.48. The molecule has 1 fully saturated rings. The van der Waals surface area contributed by atoms with Gasteiger partial charge in [0.15, 0.2) is 12.1 Å². The van der Waals surface area contributed by atoms with E-state index in [9.17, 15) is 28.8 Å². The van der Waals surface area contributed by atoms with Gasteiger partial charge in [0.2, 0.25) is 5.69 Å². The normalized spacial score (nSPS) is 22.4. The predicted octanol–water partition coefficient (Wildman–Crippen LogP) is -0.528. The Morgan fingerprint density at radius 1 is 1.14 bits per heavy atom. The van der Waals surface area contributed by atoms with Gasteiger partial charge in [0.25, 0.3) is 11.5 Å². The largest absolute Gasteiger partial charge is 0.463 e. The maximum atomic E-state index is 13.1. The molecule has 36 heavy (non-hydrogen) atoms. The molecule has 1 aromatic carbocycles. The van der Waals surface area contributed by atoms with Crippen LogP contribution in [0.4, 0.5) is 0 Å². The summed E-state index contributed by atoms with van der Waals surface area (Å²) < 4.78 is 16.4. The Labute approximate surface area is 204 Å². The van der Waals surface area contributed by atoms with Gasteiger partial charge < -0.3 is 19.5 Å². The van der Waals surface area contributed by atoms with E-state index in [1.54, 1.807) is 44.2 Å². The topological polar surface area (TPSA) is 187 Å². The Kier molecular flexibility index (Phi) is 8.35. The summed E-state index contributed by atoms with van der Waals surface area (Å²) in [6.07, 6.45) is -2.13. The molecule has 0 unspecified atom stereocenters. The molecule has 1 amide bonds. The van der Waals surface area contributed by atoms with E-state index in [1.807, 2.05) is 10.1 Å². The van der Waals surface area contributed by atoms with E-state index in [2.05, 4.69) is 10.4 Å². The monoisotopic (exact) mass is 502 g/mol. The first kappa shape index (κ1) is 26.3. The van der Waals surface area contributed by atoms with Crippen LogP contribution in [-0.4, -0.2) is 63.9 Å². The lowest BCUT2D eigenvalue weighted by molar-refractivity contribution is -0.176. The molecule has 1 aromatic heterocycles. The van der Waals surface area contributed by atoms with Crippen molar-refractivity contribution in [2.24, 2.45) is 11.8 Å². The number of hydrogen-bond acceptors (Lipinski definition) is 10. The highest BCUT2D eigenvalue weighted by Gasteiger charge is 2.42. The number of hydrogen-bond donors (Lipinski definition) is 3. The summed E-state index contributed by atoms with van der Waals surface area (Å²) >= 11 is 0. The molecule has 0 bridgehead atoms. The molecular formula is C23H26N4O9. The average molecular weight is 502 g/mol. The quantitative estimate of drug-likeness (QED) is 0.342. The van der Waals surface area contributed by atoms with Gasteiger partial charge in [-0.2, -0.15) is 5.10 Å². The van der Waals surface area contributed by atoms with E-state index in [1.165, 1.54) is 6.92 Å². The zero-order valence-corrected chi connectivity index (χ0v) is 19.8. The van der Waals surface area contributed by atoms with Gasteiger partial charge in [0.1, 0.15) is 18.6 Å². The molecule has 0 spiro atoms. The smallest absolute Gasteiger partial charge is 0.342 e. The predicted molar refractivity (Wildman–Crippen MR) is 122 cm³/mol. The first-order valence-corrected chi connectivity index (χ1v) is 11.2. The number of nitrogens with zero attached hydrogens (tertiary/aromatic N) is 1. The van der Waals surface area contributed by atoms with Crippen molar-refractivity contribution < 1.29 is 33.4 Å². The van der Waals surface area contributed by atoms with Gasteiger partial charge in [0, 0.05) is 0 Å². The molecule has 0 radical (unpaired) electrons. The van der Waals surface area contributed by atoms with Crippen molar-refractivity contribution in [2.75, 3.05) is 6.61 Å². The van der Waals surface area contributed by atoms with Crippen LogP contribution in [0.15, 0.2) is 39.9 Å². The number of carbonyl (C=O) groups is 4. The Balaban J connectivity index is 1.88. The van der Waals surface area contributed by atoms with Gasteiger partial charge in [-0.15, -0.1) is 0 Å². The molecule has 13 heteroatoms. The highest BCUT2D eigenvalue weighted by atomic mass is 16.6. The molecule has 4 atom stereocenters. The highest BCUT2D eigenvalue weighted by molar-refractivity contribution is 5.95. The zero-order chi connectivity index (χ0) is 26.4. The van der Waals surface area contributed by atoms with Gasteiger partial charge in [-0.3, -0.25) is 24.2 Å². The molecule has 192 valence electrons. The summed E-state index contributed by atoms with van der Waals surface area (Å²) in [6, 6.07) is 7.44. The summed E-state index contributed by atoms with van der Waals surface area (Å²) in [5, 5.41) is 7.49. The van der Waals surface area contributed by atoms with E-state index in [0.717, 1.165) is 5.56 Å². The highest BCUT2D eigenvalue weighted by Crippen LogP contribution is 2.24. The molecule has 2 aromatic rings. The molecule has 3 N–H and O–H groups in total. The van der Waals surface area contributed by atoms with E-state index in [-0.39, 0.29) is 6.42 Å². The van der Waals surface area contributed by atoms with E-state index < -0.39 is 77.5 Å². The van der Waals surface area contributed by atoms with Crippen molar-refractivity contribution in [2.45, 2.75) is 45.4 Å². The van der Waals surface area contributed by atoms with Crippen LogP contribution in [0, 0.1) is 11.8 Å². The van der Waals surface area contributed by atoms with Gasteiger partial charge in [-0.25, -0.2) is 14.7 Å². The molecule has 1 aliphatic rings. The summed E-state index contributed by atoms with van der Waals surface area (Å²) in [5.41, 5.74) is -1.96. The fraction of sp³-hybridized carbons (Fsp3) is 0.435. The Bertz CT molecular complexity index is 1240. The van der Waals surface area contributed by atoms with Crippen LogP contribution in [0.1, 0.15) is 36.8 Å². The lowest BCUT2D eigenvalue weighted by Gasteiger charge is -2.29. The summed E-state index contributed by atoms with van der Waals surface area (Å²) in [5.74, 6) is -5.00. The van der Waals surface area contributed by atoms with E-state index >= 15 is 0 Å². The molecule has 13 nitrogen and oxygen atoms in total. The minimum Gasteiger partial charge on any atom is -0.463 e. The number of esters is 3. The summed E-state index contributed by atoms with van der Waals surface area (Å²) in [4.78, 5) is 75.7. The number of cyclic esters (lactones) is 2. The van der Waals surface area contributed by atoms with Gasteiger partial charge in [-0.05, 0) is 18.9 Å². The number of rotatable bonds is 6. The van der Waals surface area contributed by atoms with Crippen LogP contribution in [0.2, 0.25) is 0 Å². The number of nitrogens with one attached hydrogen (secondary N) is 3. The van der Waals surface area contributed by atoms with E-state index in [4.69, 9.17) is 14.2 Å². The maximum Gasteiger partial charge on any atom is 0.342 e. The van der Waals surface area contributed by atoms with Gasteiger partial charge in [-0.1, -0.05) is 44.2 Å². The second-order valence-corrected chi connectivity index (χ2v) is 8.51. The van der Waals surface area contributed by atoms with Crippen molar-refractivity contribution in [1.29, 1.82) is 0 Å². The lowest BCUT2D eigenvalue weighted by atomic mass is 9.91. The third-order valence-corrected chi connectivity index (χ3v) is 5.39. The number of ether oxygens (including phenoxy) is 3. The van der Waals surface area contributed by atoms with Crippen LogP contribution in [0.25, 0.3) is 0 Å². The third kappa shape index (κ3) is 6.43. The Morgan fingerprint density at radius 2 is 1.83 bits per heavy atom. The number of amides is 1. The molecule has 1 saturated heterocycles. The number of benzene rings is 1. The summed E-state index contributed by atoms with van der Waals surface area (Å²) in [6.45, 7) is 4.08. The van der Waals surface area contributed by atoms with Crippen molar-refractivity contribution in [3.05, 3.63) is 62.4 Å². The number of H-pyrrole nitrogens is 2. The number of aromatic nitrogens is 3. The number of aromatic amines is 2. The standard InChI is InChI=1S/C23H26N4O9/c1-11(2)20(30)36-17-12(3)35-22(32)15(24-18(28)16-19(29)25-23(33)27-26-16)10-34-21(31)14(17)9-13-7-5-4-6-8-13/h4-8,11-12,14-15,17H,9-10H2,1-3H3,(H,24,28)(H2,25,27,29,33)/t12-,14+,15-,17-/m0/s1. The first-order chi connectivity index (χ1) is 17.1. The van der Waals surface area contributed by atoms with Crippen molar-refractivity contribution in [3.8, 4) is 0 Å². The van der Waals surface area contributed by atoms with Crippen molar-refractivity contribution in [3.63, 3.8) is 0 Å². The summed E-state index contributed by atoms with van der Waals surface area (Å²) in [7, 11) is 0. The Hall–Kier alpha value is -4.29. The maximum absolute atomic E-state index is 13.1. The van der Waals surface area contributed by atoms with Crippen LogP contribution in [-0.2, 0) is 35.0 Å². The zero-order valence-electron chi connectivity index (χ0n) is 19.8. The van der Waals surface area contributed by atoms with Crippen LogP contribution in [0.5, 0.6) is 0 Å². The molecule has 2 heterocycles.